The molecule has 1 aromatic rings. The van der Waals surface area contributed by atoms with Crippen LogP contribution in [-0.4, -0.2) is 48.5 Å². The van der Waals surface area contributed by atoms with E-state index in [0.717, 1.165) is 43.4 Å². The van der Waals surface area contributed by atoms with Gasteiger partial charge in [-0.1, -0.05) is 0 Å². The van der Waals surface area contributed by atoms with Crippen LogP contribution in [0.25, 0.3) is 0 Å². The molecule has 0 atom stereocenters. The van der Waals surface area contributed by atoms with Crippen LogP contribution in [0.2, 0.25) is 0 Å². The lowest BCUT2D eigenvalue weighted by atomic mass is 10.1. The van der Waals surface area contributed by atoms with Crippen molar-refractivity contribution in [1.29, 1.82) is 0 Å². The van der Waals surface area contributed by atoms with E-state index in [-0.39, 0.29) is 5.78 Å². The number of hydrogen-bond acceptors (Lipinski definition) is 3. The summed E-state index contributed by atoms with van der Waals surface area (Å²) in [5.74, 6) is 0.109. The molecule has 0 saturated carbocycles. The highest BCUT2D eigenvalue weighted by molar-refractivity contribution is 7.80. The van der Waals surface area contributed by atoms with Gasteiger partial charge in [0, 0.05) is 44.0 Å². The molecule has 1 fully saturated rings. The molecular weight excluding hydrogens is 270 g/mol. The Kier molecular flexibility index (Phi) is 4.95. The number of nitrogens with zero attached hydrogens (tertiary/aromatic N) is 2. The second-order valence-corrected chi connectivity index (χ2v) is 5.30. The van der Waals surface area contributed by atoms with Crippen molar-refractivity contribution in [3.8, 4) is 0 Å². The highest BCUT2D eigenvalue weighted by atomic mass is 32.1. The number of piperazine rings is 1. The Hall–Kier alpha value is -1.62. The van der Waals surface area contributed by atoms with Crippen LogP contribution in [0, 0.1) is 0 Å². The third kappa shape index (κ3) is 3.48. The molecule has 0 bridgehead atoms. The van der Waals surface area contributed by atoms with Gasteiger partial charge in [-0.3, -0.25) is 4.79 Å². The van der Waals surface area contributed by atoms with Crippen LogP contribution in [0.3, 0.4) is 0 Å². The minimum atomic E-state index is 0.109. The summed E-state index contributed by atoms with van der Waals surface area (Å²) in [6, 6.07) is 7.84. The van der Waals surface area contributed by atoms with Crippen molar-refractivity contribution in [2.45, 2.75) is 13.8 Å². The van der Waals surface area contributed by atoms with Crippen molar-refractivity contribution in [3.05, 3.63) is 29.8 Å². The van der Waals surface area contributed by atoms with Crippen LogP contribution >= 0.6 is 12.2 Å². The predicted molar refractivity (Wildman–Crippen MR) is 86.5 cm³/mol. The Balaban J connectivity index is 1.93. The van der Waals surface area contributed by atoms with Gasteiger partial charge in [0.1, 0.15) is 0 Å². The van der Waals surface area contributed by atoms with Crippen molar-refractivity contribution in [2.75, 3.05) is 37.6 Å². The van der Waals surface area contributed by atoms with Crippen LogP contribution in [0.4, 0.5) is 5.69 Å². The zero-order valence-electron chi connectivity index (χ0n) is 12.1. The number of Topliss-reactive ketones (excluding diaryl/α,β-unsaturated/α-hetero) is 1. The van der Waals surface area contributed by atoms with Crippen molar-refractivity contribution in [1.82, 2.24) is 10.2 Å². The predicted octanol–water partition coefficient (Wildman–Crippen LogP) is 1.91. The SMILES string of the molecule is CCNC(=S)N1CCN(c2ccc(C(C)=O)cc2)CC1. The van der Waals surface area contributed by atoms with Gasteiger partial charge in [0.15, 0.2) is 10.9 Å². The molecule has 0 radical (unpaired) electrons. The van der Waals surface area contributed by atoms with Crippen LogP contribution in [-0.2, 0) is 0 Å². The first-order valence-electron chi connectivity index (χ1n) is 7.00. The third-order valence-corrected chi connectivity index (χ3v) is 3.94. The molecule has 1 aliphatic rings. The van der Waals surface area contributed by atoms with Gasteiger partial charge in [0.05, 0.1) is 0 Å². The first-order valence-corrected chi connectivity index (χ1v) is 7.41. The molecule has 5 heteroatoms. The summed E-state index contributed by atoms with van der Waals surface area (Å²) in [6.45, 7) is 8.27. The fraction of sp³-hybridized carbons (Fsp3) is 0.467. The summed E-state index contributed by atoms with van der Waals surface area (Å²) in [5.41, 5.74) is 1.93. The lowest BCUT2D eigenvalue weighted by Gasteiger charge is -2.37. The van der Waals surface area contributed by atoms with Crippen molar-refractivity contribution >= 4 is 28.8 Å². The molecule has 1 N–H and O–H groups in total. The molecule has 0 aliphatic carbocycles. The first kappa shape index (κ1) is 14.8. The van der Waals surface area contributed by atoms with Gasteiger partial charge < -0.3 is 15.1 Å². The van der Waals surface area contributed by atoms with Crippen LogP contribution in [0.15, 0.2) is 24.3 Å². The van der Waals surface area contributed by atoms with E-state index in [2.05, 4.69) is 22.0 Å². The Morgan fingerprint density at radius 1 is 1.20 bits per heavy atom. The smallest absolute Gasteiger partial charge is 0.169 e. The summed E-state index contributed by atoms with van der Waals surface area (Å²) >= 11 is 5.33. The molecule has 0 amide bonds. The number of rotatable bonds is 3. The standard InChI is InChI=1S/C15H21N3OS/c1-3-16-15(20)18-10-8-17(9-11-18)14-6-4-13(5-7-14)12(2)19/h4-7H,3,8-11H2,1-2H3,(H,16,20). The van der Waals surface area contributed by atoms with E-state index < -0.39 is 0 Å². The summed E-state index contributed by atoms with van der Waals surface area (Å²) in [5, 5.41) is 4.04. The van der Waals surface area contributed by atoms with E-state index in [0.29, 0.717) is 0 Å². The molecule has 0 spiro atoms. The van der Waals surface area contributed by atoms with Crippen LogP contribution in [0.1, 0.15) is 24.2 Å². The molecule has 1 aliphatic heterocycles. The highest BCUT2D eigenvalue weighted by Crippen LogP contribution is 2.17. The maximum atomic E-state index is 11.3. The minimum Gasteiger partial charge on any atom is -0.368 e. The molecule has 0 aromatic heterocycles. The van der Waals surface area contributed by atoms with Crippen molar-refractivity contribution < 1.29 is 4.79 Å². The van der Waals surface area contributed by atoms with E-state index in [1.165, 1.54) is 5.69 Å². The number of ketones is 1. The maximum Gasteiger partial charge on any atom is 0.169 e. The van der Waals surface area contributed by atoms with Crippen LogP contribution < -0.4 is 10.2 Å². The number of anilines is 1. The summed E-state index contributed by atoms with van der Waals surface area (Å²) in [4.78, 5) is 15.8. The third-order valence-electron chi connectivity index (χ3n) is 3.53. The molecule has 20 heavy (non-hydrogen) atoms. The molecule has 1 saturated heterocycles. The zero-order valence-corrected chi connectivity index (χ0v) is 12.9. The molecule has 0 unspecified atom stereocenters. The van der Waals surface area contributed by atoms with Gasteiger partial charge in [-0.15, -0.1) is 0 Å². The van der Waals surface area contributed by atoms with Crippen LogP contribution in [0.5, 0.6) is 0 Å². The maximum absolute atomic E-state index is 11.3. The highest BCUT2D eigenvalue weighted by Gasteiger charge is 2.18. The molecule has 4 nitrogen and oxygen atoms in total. The van der Waals surface area contributed by atoms with Gasteiger partial charge in [0.2, 0.25) is 0 Å². The van der Waals surface area contributed by atoms with E-state index in [4.69, 9.17) is 12.2 Å². The number of benzene rings is 1. The lowest BCUT2D eigenvalue weighted by molar-refractivity contribution is 0.101. The number of thiocarbonyl (C=S) groups is 1. The van der Waals surface area contributed by atoms with Crippen molar-refractivity contribution in [3.63, 3.8) is 0 Å². The summed E-state index contributed by atoms with van der Waals surface area (Å²) in [6.07, 6.45) is 0. The Morgan fingerprint density at radius 2 is 1.80 bits per heavy atom. The number of carbonyl (C=O) groups is 1. The Bertz CT molecular complexity index is 478. The quantitative estimate of drug-likeness (QED) is 0.680. The zero-order chi connectivity index (χ0) is 14.5. The molecule has 2 rings (SSSR count). The van der Waals surface area contributed by atoms with E-state index >= 15 is 0 Å². The Morgan fingerprint density at radius 3 is 2.30 bits per heavy atom. The number of nitrogens with one attached hydrogen (secondary N) is 1. The van der Waals surface area contributed by atoms with Gasteiger partial charge in [-0.05, 0) is 50.3 Å². The second-order valence-electron chi connectivity index (χ2n) is 4.91. The monoisotopic (exact) mass is 291 g/mol. The normalized spacial score (nSPS) is 15.1. The average Bonchev–Trinajstić information content (AvgIpc) is 2.48. The summed E-state index contributed by atoms with van der Waals surface area (Å²) in [7, 11) is 0. The first-order chi connectivity index (χ1) is 9.61. The lowest BCUT2D eigenvalue weighted by Crippen LogP contribution is -2.51. The molecular formula is C15H21N3OS. The average molecular weight is 291 g/mol. The van der Waals surface area contributed by atoms with E-state index in [1.54, 1.807) is 6.92 Å². The summed E-state index contributed by atoms with van der Waals surface area (Å²) < 4.78 is 0. The van der Waals surface area contributed by atoms with Gasteiger partial charge in [-0.2, -0.15) is 0 Å². The van der Waals surface area contributed by atoms with Gasteiger partial charge >= 0.3 is 0 Å². The Labute approximate surface area is 125 Å². The fourth-order valence-corrected chi connectivity index (χ4v) is 2.66. The molecule has 1 aromatic carbocycles. The van der Waals surface area contributed by atoms with Gasteiger partial charge in [-0.25, -0.2) is 0 Å². The fourth-order valence-electron chi connectivity index (χ4n) is 2.34. The molecule has 108 valence electrons. The topological polar surface area (TPSA) is 35.6 Å². The van der Waals surface area contributed by atoms with E-state index in [1.807, 2.05) is 24.3 Å². The second kappa shape index (κ2) is 6.70. The number of carbonyl (C=O) groups excluding carboxylic acids is 1. The number of hydrogen-bond donors (Lipinski definition) is 1. The minimum absolute atomic E-state index is 0.109. The van der Waals surface area contributed by atoms with E-state index in [9.17, 15) is 4.79 Å². The van der Waals surface area contributed by atoms with Crippen molar-refractivity contribution in [2.24, 2.45) is 0 Å². The molecule has 1 heterocycles. The largest absolute Gasteiger partial charge is 0.368 e. The van der Waals surface area contributed by atoms with Gasteiger partial charge in [0.25, 0.3) is 0 Å².